The van der Waals surface area contributed by atoms with Gasteiger partial charge in [-0.15, -0.1) is 0 Å². The number of nitrogens with zero attached hydrogens (tertiary/aromatic N) is 2. The fourth-order valence-corrected chi connectivity index (χ4v) is 2.66. The van der Waals surface area contributed by atoms with Gasteiger partial charge in [-0.3, -0.25) is 10.1 Å². The van der Waals surface area contributed by atoms with Crippen molar-refractivity contribution >= 4 is 23.6 Å². The van der Waals surface area contributed by atoms with Crippen molar-refractivity contribution in [2.45, 2.75) is 38.5 Å². The minimum absolute atomic E-state index is 0.134. The van der Waals surface area contributed by atoms with Crippen LogP contribution in [-0.2, 0) is 14.3 Å². The average molecular weight is 416 g/mol. The molecule has 0 spiro atoms. The number of amides is 1. The number of benzene rings is 1. The van der Waals surface area contributed by atoms with Gasteiger partial charge >= 0.3 is 17.7 Å². The summed E-state index contributed by atoms with van der Waals surface area (Å²) in [4.78, 5) is 39.7. The molecule has 0 aliphatic rings. The van der Waals surface area contributed by atoms with E-state index in [2.05, 4.69) is 15.6 Å². The van der Waals surface area contributed by atoms with Crippen molar-refractivity contribution in [3.63, 3.8) is 0 Å². The number of carbonyl (C=O) groups is 2. The lowest BCUT2D eigenvalue weighted by atomic mass is 9.99. The second kappa shape index (κ2) is 9.68. The first-order valence-electron chi connectivity index (χ1n) is 9.10. The summed E-state index contributed by atoms with van der Waals surface area (Å²) in [5, 5.41) is 16.7. The van der Waals surface area contributed by atoms with E-state index in [0.717, 1.165) is 0 Å². The molecule has 1 aromatic heterocycles. The molecule has 0 aliphatic heterocycles. The van der Waals surface area contributed by atoms with Gasteiger partial charge in [-0.05, 0) is 32.4 Å². The third-order valence-corrected chi connectivity index (χ3v) is 3.89. The standard InChI is InChI=1S/C20H24N4O6/c1-20(2,3)30-19(26)23-15(13-9-6-5-7-10-13)16(18(25)29-4)22-17-14(24(27)28)11-8-12-21-17/h5-12,15-16H,1-4H3,(H,21,22)(H,23,26)/t15-,16-/m1/s1. The molecule has 0 bridgehead atoms. The smallest absolute Gasteiger partial charge is 0.408 e. The molecule has 10 nitrogen and oxygen atoms in total. The van der Waals surface area contributed by atoms with E-state index in [4.69, 9.17) is 9.47 Å². The number of methoxy groups -OCH3 is 1. The molecule has 1 amide bonds. The van der Waals surface area contributed by atoms with Gasteiger partial charge in [0.05, 0.1) is 18.1 Å². The summed E-state index contributed by atoms with van der Waals surface area (Å²) < 4.78 is 10.2. The number of nitro groups is 1. The zero-order chi connectivity index (χ0) is 22.3. The topological polar surface area (TPSA) is 133 Å². The summed E-state index contributed by atoms with van der Waals surface area (Å²) in [7, 11) is 1.18. The normalized spacial score (nSPS) is 12.9. The van der Waals surface area contributed by atoms with Crippen LogP contribution in [0.4, 0.5) is 16.3 Å². The Morgan fingerprint density at radius 2 is 1.80 bits per heavy atom. The molecule has 0 unspecified atom stereocenters. The summed E-state index contributed by atoms with van der Waals surface area (Å²) in [6, 6.07) is 9.12. The van der Waals surface area contributed by atoms with E-state index in [1.54, 1.807) is 51.1 Å². The Morgan fingerprint density at radius 1 is 1.13 bits per heavy atom. The van der Waals surface area contributed by atoms with Crippen LogP contribution in [-0.4, -0.2) is 40.7 Å². The van der Waals surface area contributed by atoms with E-state index in [1.165, 1.54) is 25.4 Å². The lowest BCUT2D eigenvalue weighted by molar-refractivity contribution is -0.384. The third kappa shape index (κ3) is 6.16. The third-order valence-electron chi connectivity index (χ3n) is 3.89. The van der Waals surface area contributed by atoms with Crippen molar-refractivity contribution in [1.82, 2.24) is 10.3 Å². The molecule has 1 heterocycles. The zero-order valence-electron chi connectivity index (χ0n) is 17.1. The predicted molar refractivity (Wildman–Crippen MR) is 109 cm³/mol. The highest BCUT2D eigenvalue weighted by Gasteiger charge is 2.35. The van der Waals surface area contributed by atoms with Crippen molar-refractivity contribution in [2.75, 3.05) is 12.4 Å². The maximum atomic E-state index is 12.6. The highest BCUT2D eigenvalue weighted by molar-refractivity contribution is 5.82. The molecule has 2 rings (SSSR count). The molecule has 0 saturated heterocycles. The second-order valence-corrected chi connectivity index (χ2v) is 7.31. The van der Waals surface area contributed by atoms with E-state index >= 15 is 0 Å². The Kier molecular flexibility index (Phi) is 7.29. The van der Waals surface area contributed by atoms with Gasteiger partial charge in [0.1, 0.15) is 5.60 Å². The number of alkyl carbamates (subject to hydrolysis) is 1. The van der Waals surface area contributed by atoms with Gasteiger partial charge in [-0.2, -0.15) is 0 Å². The Labute approximate surface area is 173 Å². The van der Waals surface area contributed by atoms with Crippen LogP contribution in [0.5, 0.6) is 0 Å². The van der Waals surface area contributed by atoms with Crippen LogP contribution in [0.3, 0.4) is 0 Å². The number of carbonyl (C=O) groups excluding carboxylic acids is 2. The Morgan fingerprint density at radius 3 is 2.37 bits per heavy atom. The largest absolute Gasteiger partial charge is 0.467 e. The lowest BCUT2D eigenvalue weighted by Gasteiger charge is -2.29. The molecule has 10 heteroatoms. The summed E-state index contributed by atoms with van der Waals surface area (Å²) in [6.45, 7) is 5.12. The number of esters is 1. The number of hydrogen-bond donors (Lipinski definition) is 2. The van der Waals surface area contributed by atoms with Gasteiger partial charge in [0.2, 0.25) is 5.82 Å². The Bertz CT molecular complexity index is 898. The number of anilines is 1. The number of pyridine rings is 1. The van der Waals surface area contributed by atoms with Crippen LogP contribution in [0.25, 0.3) is 0 Å². The number of rotatable bonds is 7. The fraction of sp³-hybridized carbons (Fsp3) is 0.350. The maximum absolute atomic E-state index is 12.6. The fourth-order valence-electron chi connectivity index (χ4n) is 2.66. The first-order valence-corrected chi connectivity index (χ1v) is 9.10. The van der Waals surface area contributed by atoms with Crippen molar-refractivity contribution in [3.8, 4) is 0 Å². The summed E-state index contributed by atoms with van der Waals surface area (Å²) in [6.07, 6.45) is 0.588. The molecule has 0 fully saturated rings. The molecule has 0 aliphatic carbocycles. The van der Waals surface area contributed by atoms with E-state index in [0.29, 0.717) is 5.56 Å². The molecule has 2 N–H and O–H groups in total. The van der Waals surface area contributed by atoms with E-state index in [1.807, 2.05) is 0 Å². The molecule has 30 heavy (non-hydrogen) atoms. The molecular weight excluding hydrogens is 392 g/mol. The van der Waals surface area contributed by atoms with Crippen LogP contribution in [0, 0.1) is 10.1 Å². The summed E-state index contributed by atoms with van der Waals surface area (Å²) in [5.41, 5.74) is -0.528. The quantitative estimate of drug-likeness (QED) is 0.399. The summed E-state index contributed by atoms with van der Waals surface area (Å²) >= 11 is 0. The first-order chi connectivity index (χ1) is 14.1. The Hall–Kier alpha value is -3.69. The number of nitrogens with one attached hydrogen (secondary N) is 2. The van der Waals surface area contributed by atoms with Crippen LogP contribution < -0.4 is 10.6 Å². The van der Waals surface area contributed by atoms with Gasteiger partial charge < -0.3 is 20.1 Å². The van der Waals surface area contributed by atoms with E-state index < -0.39 is 34.7 Å². The zero-order valence-corrected chi connectivity index (χ0v) is 17.1. The lowest BCUT2D eigenvalue weighted by Crippen LogP contribution is -2.46. The van der Waals surface area contributed by atoms with Gasteiger partial charge in [0, 0.05) is 12.3 Å². The van der Waals surface area contributed by atoms with E-state index in [-0.39, 0.29) is 11.5 Å². The minimum Gasteiger partial charge on any atom is -0.467 e. The predicted octanol–water partition coefficient (Wildman–Crippen LogP) is 3.21. The van der Waals surface area contributed by atoms with Gasteiger partial charge in [0.25, 0.3) is 0 Å². The molecular formula is C20H24N4O6. The van der Waals surface area contributed by atoms with Crippen molar-refractivity contribution < 1.29 is 24.0 Å². The van der Waals surface area contributed by atoms with Crippen molar-refractivity contribution in [3.05, 3.63) is 64.3 Å². The van der Waals surface area contributed by atoms with Crippen molar-refractivity contribution in [2.24, 2.45) is 0 Å². The number of ether oxygens (including phenoxy) is 2. The van der Waals surface area contributed by atoms with Crippen molar-refractivity contribution in [1.29, 1.82) is 0 Å². The van der Waals surface area contributed by atoms with Crippen LogP contribution >= 0.6 is 0 Å². The van der Waals surface area contributed by atoms with E-state index in [9.17, 15) is 19.7 Å². The minimum atomic E-state index is -1.22. The second-order valence-electron chi connectivity index (χ2n) is 7.31. The first kappa shape index (κ1) is 22.6. The van der Waals surface area contributed by atoms with Crippen LogP contribution in [0.1, 0.15) is 32.4 Å². The molecule has 2 atom stereocenters. The SMILES string of the molecule is COC(=O)[C@H](Nc1ncccc1[N+](=O)[O-])[C@H](NC(=O)OC(C)(C)C)c1ccccc1. The van der Waals surface area contributed by atoms with Gasteiger partial charge in [-0.1, -0.05) is 30.3 Å². The number of hydrogen-bond acceptors (Lipinski definition) is 8. The molecule has 1 aromatic carbocycles. The highest BCUT2D eigenvalue weighted by Crippen LogP contribution is 2.26. The van der Waals surface area contributed by atoms with Crippen LogP contribution in [0.15, 0.2) is 48.7 Å². The van der Waals surface area contributed by atoms with Crippen LogP contribution in [0.2, 0.25) is 0 Å². The molecule has 0 saturated carbocycles. The highest BCUT2D eigenvalue weighted by atomic mass is 16.6. The average Bonchev–Trinajstić information content (AvgIpc) is 2.69. The molecule has 2 aromatic rings. The monoisotopic (exact) mass is 416 g/mol. The maximum Gasteiger partial charge on any atom is 0.408 e. The molecule has 160 valence electrons. The Balaban J connectivity index is 2.45. The van der Waals surface area contributed by atoms with Gasteiger partial charge in [-0.25, -0.2) is 14.6 Å². The summed E-state index contributed by atoms with van der Waals surface area (Å²) in [5.74, 6) is -0.885. The molecule has 0 radical (unpaired) electrons. The number of aromatic nitrogens is 1. The van der Waals surface area contributed by atoms with Gasteiger partial charge in [0.15, 0.2) is 6.04 Å².